The summed E-state index contributed by atoms with van der Waals surface area (Å²) in [5, 5.41) is 5.71. The van der Waals surface area contributed by atoms with E-state index in [0.717, 1.165) is 12.8 Å². The second-order valence-electron chi connectivity index (χ2n) is 5.23. The van der Waals surface area contributed by atoms with Gasteiger partial charge in [-0.2, -0.15) is 0 Å². The van der Waals surface area contributed by atoms with Crippen LogP contribution in [0.1, 0.15) is 51.4 Å². The Kier molecular flexibility index (Phi) is 3.84. The Labute approximate surface area is 100 Å². The molecule has 0 bridgehead atoms. The van der Waals surface area contributed by atoms with E-state index in [1.807, 2.05) is 0 Å². The molecule has 2 fully saturated rings. The predicted molar refractivity (Wildman–Crippen MR) is 61.1 cm³/mol. The number of carbonyl (C=O) groups is 1. The van der Waals surface area contributed by atoms with E-state index in [1.54, 1.807) is 0 Å². The van der Waals surface area contributed by atoms with Crippen LogP contribution in [0.3, 0.4) is 0 Å². The highest BCUT2D eigenvalue weighted by molar-refractivity contribution is 5.74. The third kappa shape index (κ3) is 3.82. The minimum absolute atomic E-state index is 0.0870. The van der Waals surface area contributed by atoms with E-state index in [2.05, 4.69) is 10.6 Å². The monoisotopic (exact) mass is 246 g/mol. The zero-order valence-electron chi connectivity index (χ0n) is 9.98. The summed E-state index contributed by atoms with van der Waals surface area (Å²) in [5.74, 6) is -2.53. The van der Waals surface area contributed by atoms with Gasteiger partial charge in [-0.15, -0.1) is 0 Å². The van der Waals surface area contributed by atoms with Crippen LogP contribution in [-0.4, -0.2) is 24.0 Å². The number of urea groups is 1. The van der Waals surface area contributed by atoms with Crippen LogP contribution in [0, 0.1) is 0 Å². The molecular formula is C12H20F2N2O. The molecule has 0 spiro atoms. The minimum Gasteiger partial charge on any atom is -0.335 e. The minimum atomic E-state index is -2.53. The average molecular weight is 246 g/mol. The fourth-order valence-corrected chi connectivity index (χ4v) is 2.67. The lowest BCUT2D eigenvalue weighted by Crippen LogP contribution is -2.47. The maximum Gasteiger partial charge on any atom is 0.315 e. The Morgan fingerprint density at radius 2 is 1.41 bits per heavy atom. The third-order valence-corrected chi connectivity index (χ3v) is 3.74. The zero-order chi connectivity index (χ0) is 12.3. The molecule has 0 aromatic carbocycles. The lowest BCUT2D eigenvalue weighted by atomic mass is 9.92. The molecule has 98 valence electrons. The molecule has 2 N–H and O–H groups in total. The molecule has 2 aliphatic rings. The molecule has 0 aliphatic heterocycles. The molecule has 0 saturated heterocycles. The van der Waals surface area contributed by atoms with Crippen molar-refractivity contribution in [3.63, 3.8) is 0 Å². The summed E-state index contributed by atoms with van der Waals surface area (Å²) in [4.78, 5) is 11.6. The van der Waals surface area contributed by atoms with Gasteiger partial charge in [-0.25, -0.2) is 13.6 Å². The van der Waals surface area contributed by atoms with Crippen molar-refractivity contribution < 1.29 is 13.6 Å². The number of hydrogen-bond donors (Lipinski definition) is 2. The molecule has 0 atom stereocenters. The van der Waals surface area contributed by atoms with Gasteiger partial charge in [0.1, 0.15) is 0 Å². The molecule has 0 unspecified atom stereocenters. The highest BCUT2D eigenvalue weighted by Crippen LogP contribution is 2.32. The molecule has 0 aromatic heterocycles. The molecular weight excluding hydrogens is 226 g/mol. The van der Waals surface area contributed by atoms with Crippen LogP contribution >= 0.6 is 0 Å². The molecule has 0 radical (unpaired) electrons. The van der Waals surface area contributed by atoms with Gasteiger partial charge < -0.3 is 10.6 Å². The molecule has 17 heavy (non-hydrogen) atoms. The number of amides is 2. The first-order valence-corrected chi connectivity index (χ1v) is 6.50. The standard InChI is InChI=1S/C12H20F2N2O/c13-12(14)7-5-10(6-8-12)16-11(17)15-9-3-1-2-4-9/h9-10H,1-8H2,(H2,15,16,17). The first-order valence-electron chi connectivity index (χ1n) is 6.50. The largest absolute Gasteiger partial charge is 0.335 e. The van der Waals surface area contributed by atoms with Crippen LogP contribution in [0.25, 0.3) is 0 Å². The molecule has 2 amide bonds. The summed E-state index contributed by atoms with van der Waals surface area (Å²) < 4.78 is 25.8. The first-order chi connectivity index (χ1) is 8.05. The summed E-state index contributed by atoms with van der Waals surface area (Å²) in [6.45, 7) is 0. The predicted octanol–water partition coefficient (Wildman–Crippen LogP) is 2.81. The molecule has 3 nitrogen and oxygen atoms in total. The number of alkyl halides is 2. The van der Waals surface area contributed by atoms with E-state index in [0.29, 0.717) is 12.8 Å². The van der Waals surface area contributed by atoms with Gasteiger partial charge in [0.05, 0.1) is 0 Å². The van der Waals surface area contributed by atoms with Crippen molar-refractivity contribution >= 4 is 6.03 Å². The molecule has 0 heterocycles. The van der Waals surface area contributed by atoms with Crippen molar-refractivity contribution in [2.45, 2.75) is 69.4 Å². The molecule has 2 saturated carbocycles. The molecule has 5 heteroatoms. The van der Waals surface area contributed by atoms with E-state index < -0.39 is 5.92 Å². The Morgan fingerprint density at radius 3 is 1.94 bits per heavy atom. The van der Waals surface area contributed by atoms with E-state index in [4.69, 9.17) is 0 Å². The van der Waals surface area contributed by atoms with Gasteiger partial charge in [0.25, 0.3) is 0 Å². The van der Waals surface area contributed by atoms with E-state index >= 15 is 0 Å². The molecule has 0 aromatic rings. The van der Waals surface area contributed by atoms with Crippen LogP contribution in [0.2, 0.25) is 0 Å². The number of nitrogens with one attached hydrogen (secondary N) is 2. The number of rotatable bonds is 2. The SMILES string of the molecule is O=C(NC1CCCC1)NC1CCC(F)(F)CC1. The first kappa shape index (κ1) is 12.6. The van der Waals surface area contributed by atoms with Crippen molar-refractivity contribution in [3.8, 4) is 0 Å². The average Bonchev–Trinajstić information content (AvgIpc) is 2.74. The lowest BCUT2D eigenvalue weighted by Gasteiger charge is -2.29. The Hall–Kier alpha value is -0.870. The van der Waals surface area contributed by atoms with Crippen LogP contribution < -0.4 is 10.6 Å². The van der Waals surface area contributed by atoms with Crippen molar-refractivity contribution in [3.05, 3.63) is 0 Å². The normalized spacial score (nSPS) is 25.8. The van der Waals surface area contributed by atoms with Gasteiger partial charge in [-0.1, -0.05) is 12.8 Å². The Morgan fingerprint density at radius 1 is 0.941 bits per heavy atom. The quantitative estimate of drug-likeness (QED) is 0.773. The van der Waals surface area contributed by atoms with Gasteiger partial charge in [-0.3, -0.25) is 0 Å². The highest BCUT2D eigenvalue weighted by Gasteiger charge is 2.35. The van der Waals surface area contributed by atoms with Crippen LogP contribution in [0.4, 0.5) is 13.6 Å². The van der Waals surface area contributed by atoms with Gasteiger partial charge in [0, 0.05) is 24.9 Å². The maximum atomic E-state index is 12.9. The van der Waals surface area contributed by atoms with Crippen LogP contribution in [-0.2, 0) is 0 Å². The molecule has 2 rings (SSSR count). The Bertz CT molecular complexity index is 268. The van der Waals surface area contributed by atoms with E-state index in [-0.39, 0.29) is 31.0 Å². The van der Waals surface area contributed by atoms with Crippen LogP contribution in [0.15, 0.2) is 0 Å². The number of carbonyl (C=O) groups excluding carboxylic acids is 1. The fourth-order valence-electron chi connectivity index (χ4n) is 2.67. The van der Waals surface area contributed by atoms with Crippen molar-refractivity contribution in [1.29, 1.82) is 0 Å². The van der Waals surface area contributed by atoms with Gasteiger partial charge >= 0.3 is 6.03 Å². The summed E-state index contributed by atoms with van der Waals surface area (Å²) in [6.07, 6.45) is 4.95. The highest BCUT2D eigenvalue weighted by atomic mass is 19.3. The van der Waals surface area contributed by atoms with Crippen molar-refractivity contribution in [2.24, 2.45) is 0 Å². The lowest BCUT2D eigenvalue weighted by molar-refractivity contribution is -0.0395. The second kappa shape index (κ2) is 5.19. The van der Waals surface area contributed by atoms with Gasteiger partial charge in [0.15, 0.2) is 0 Å². The van der Waals surface area contributed by atoms with E-state index in [9.17, 15) is 13.6 Å². The van der Waals surface area contributed by atoms with Crippen molar-refractivity contribution in [1.82, 2.24) is 10.6 Å². The van der Waals surface area contributed by atoms with Crippen LogP contribution in [0.5, 0.6) is 0 Å². The smallest absolute Gasteiger partial charge is 0.315 e. The zero-order valence-corrected chi connectivity index (χ0v) is 9.98. The fraction of sp³-hybridized carbons (Fsp3) is 0.917. The number of halogens is 2. The maximum absolute atomic E-state index is 12.9. The second-order valence-corrected chi connectivity index (χ2v) is 5.23. The summed E-state index contributed by atoms with van der Waals surface area (Å²) in [6, 6.07) is 0.00294. The van der Waals surface area contributed by atoms with Gasteiger partial charge in [0.2, 0.25) is 5.92 Å². The molecule has 2 aliphatic carbocycles. The summed E-state index contributed by atoms with van der Waals surface area (Å²) in [5.41, 5.74) is 0. The Balaban J connectivity index is 1.68. The van der Waals surface area contributed by atoms with Gasteiger partial charge in [-0.05, 0) is 25.7 Å². The number of hydrogen-bond acceptors (Lipinski definition) is 1. The third-order valence-electron chi connectivity index (χ3n) is 3.74. The topological polar surface area (TPSA) is 41.1 Å². The summed E-state index contributed by atoms with van der Waals surface area (Å²) in [7, 11) is 0. The summed E-state index contributed by atoms with van der Waals surface area (Å²) >= 11 is 0. The van der Waals surface area contributed by atoms with E-state index in [1.165, 1.54) is 12.8 Å². The van der Waals surface area contributed by atoms with Crippen molar-refractivity contribution in [2.75, 3.05) is 0 Å².